The molecule has 0 atom stereocenters. The zero-order chi connectivity index (χ0) is 22.2. The Labute approximate surface area is 183 Å². The predicted octanol–water partition coefficient (Wildman–Crippen LogP) is 5.16. The van der Waals surface area contributed by atoms with Crippen LogP contribution in [0.2, 0.25) is 0 Å². The lowest BCUT2D eigenvalue weighted by Crippen LogP contribution is -2.05. The van der Waals surface area contributed by atoms with Crippen LogP contribution < -0.4 is 0 Å². The second kappa shape index (κ2) is 7.81. The fraction of sp³-hybridized carbons (Fsp3) is 0.167. The highest BCUT2D eigenvalue weighted by atomic mass is 16.5. The molecule has 1 N–H and O–H groups in total. The second-order valence-electron chi connectivity index (χ2n) is 7.63. The van der Waals surface area contributed by atoms with Gasteiger partial charge in [-0.2, -0.15) is 0 Å². The molecule has 0 spiro atoms. The van der Waals surface area contributed by atoms with Crippen LogP contribution in [0.3, 0.4) is 0 Å². The Morgan fingerprint density at radius 3 is 2.69 bits per heavy atom. The summed E-state index contributed by atoms with van der Waals surface area (Å²) in [6.07, 6.45) is 0. The van der Waals surface area contributed by atoms with Crippen LogP contribution in [-0.4, -0.2) is 26.3 Å². The summed E-state index contributed by atoms with van der Waals surface area (Å²) in [5, 5.41) is 13.2. The molecule has 5 rings (SSSR count). The second-order valence-corrected chi connectivity index (χ2v) is 7.63. The minimum absolute atomic E-state index is 0.149. The summed E-state index contributed by atoms with van der Waals surface area (Å²) < 4.78 is 16.5. The minimum atomic E-state index is -0.496. The summed E-state index contributed by atoms with van der Waals surface area (Å²) in [6, 6.07) is 15.4. The standard InChI is InChI=1S/C24H20N4O4/c1-13-9-14(2)17-11-19(25-18(17)10-13)24(29)30-12-20-26-27-23(31-20)21-15(3)32-28-22(21)16-7-5-4-6-8-16/h4-11,25H,12H2,1-3H3. The normalized spacial score (nSPS) is 11.2. The third-order valence-corrected chi connectivity index (χ3v) is 5.23. The van der Waals surface area contributed by atoms with Gasteiger partial charge < -0.3 is 18.7 Å². The fourth-order valence-electron chi connectivity index (χ4n) is 3.74. The average molecular weight is 428 g/mol. The van der Waals surface area contributed by atoms with Gasteiger partial charge in [0.1, 0.15) is 22.7 Å². The fourth-order valence-corrected chi connectivity index (χ4v) is 3.74. The molecule has 3 heterocycles. The number of nitrogens with zero attached hydrogens (tertiary/aromatic N) is 3. The highest BCUT2D eigenvalue weighted by Gasteiger charge is 2.22. The van der Waals surface area contributed by atoms with Crippen LogP contribution in [0.25, 0.3) is 33.6 Å². The first-order valence-corrected chi connectivity index (χ1v) is 10.1. The lowest BCUT2D eigenvalue weighted by Gasteiger charge is -2.00. The van der Waals surface area contributed by atoms with Crippen molar-refractivity contribution in [3.8, 4) is 22.7 Å². The lowest BCUT2D eigenvalue weighted by molar-refractivity contribution is 0.0433. The predicted molar refractivity (Wildman–Crippen MR) is 117 cm³/mol. The maximum atomic E-state index is 12.5. The van der Waals surface area contributed by atoms with Crippen LogP contribution in [0, 0.1) is 20.8 Å². The Hall–Kier alpha value is -4.20. The zero-order valence-corrected chi connectivity index (χ0v) is 17.8. The summed E-state index contributed by atoms with van der Waals surface area (Å²) in [7, 11) is 0. The Morgan fingerprint density at radius 1 is 1.06 bits per heavy atom. The molecule has 0 fully saturated rings. The summed E-state index contributed by atoms with van der Waals surface area (Å²) in [6.45, 7) is 5.65. The van der Waals surface area contributed by atoms with Crippen molar-refractivity contribution in [1.29, 1.82) is 0 Å². The van der Waals surface area contributed by atoms with Gasteiger partial charge in [-0.25, -0.2) is 4.79 Å². The van der Waals surface area contributed by atoms with E-state index in [2.05, 4.69) is 26.4 Å². The van der Waals surface area contributed by atoms with Crippen molar-refractivity contribution in [3.63, 3.8) is 0 Å². The molecule has 2 aromatic carbocycles. The lowest BCUT2D eigenvalue weighted by atomic mass is 10.1. The van der Waals surface area contributed by atoms with Crippen molar-refractivity contribution in [3.05, 3.63) is 77.0 Å². The number of carbonyl (C=O) groups excluding carboxylic acids is 1. The number of aryl methyl sites for hydroxylation is 3. The van der Waals surface area contributed by atoms with Gasteiger partial charge in [-0.3, -0.25) is 0 Å². The Bertz CT molecular complexity index is 1430. The van der Waals surface area contributed by atoms with Crippen molar-refractivity contribution in [2.75, 3.05) is 0 Å². The van der Waals surface area contributed by atoms with Crippen LogP contribution >= 0.6 is 0 Å². The molecule has 0 amide bonds. The van der Waals surface area contributed by atoms with E-state index < -0.39 is 5.97 Å². The van der Waals surface area contributed by atoms with Crippen LogP contribution in [0.5, 0.6) is 0 Å². The van der Waals surface area contributed by atoms with E-state index in [0.717, 1.165) is 27.6 Å². The first-order chi connectivity index (χ1) is 15.5. The first kappa shape index (κ1) is 19.7. The van der Waals surface area contributed by atoms with Gasteiger partial charge >= 0.3 is 5.97 Å². The van der Waals surface area contributed by atoms with Crippen LogP contribution in [0.15, 0.2) is 57.5 Å². The van der Waals surface area contributed by atoms with Crippen molar-refractivity contribution in [2.24, 2.45) is 0 Å². The molecule has 0 aliphatic rings. The van der Waals surface area contributed by atoms with Crippen molar-refractivity contribution in [2.45, 2.75) is 27.4 Å². The van der Waals surface area contributed by atoms with Crippen molar-refractivity contribution in [1.82, 2.24) is 20.3 Å². The van der Waals surface area contributed by atoms with E-state index in [0.29, 0.717) is 22.7 Å². The van der Waals surface area contributed by atoms with Gasteiger partial charge in [0.25, 0.3) is 11.8 Å². The number of rotatable bonds is 5. The van der Waals surface area contributed by atoms with Gasteiger partial charge in [0.15, 0.2) is 6.61 Å². The molecule has 0 saturated heterocycles. The molecule has 0 saturated carbocycles. The molecule has 0 unspecified atom stereocenters. The molecule has 8 heteroatoms. The Balaban J connectivity index is 1.34. The minimum Gasteiger partial charge on any atom is -0.451 e. The van der Waals surface area contributed by atoms with E-state index in [1.165, 1.54) is 0 Å². The number of aromatic nitrogens is 4. The van der Waals surface area contributed by atoms with Crippen LogP contribution in [-0.2, 0) is 11.3 Å². The molecule has 5 aromatic rings. The number of carbonyl (C=O) groups is 1. The number of benzene rings is 2. The highest BCUT2D eigenvalue weighted by molar-refractivity contribution is 5.96. The summed E-state index contributed by atoms with van der Waals surface area (Å²) in [4.78, 5) is 15.7. The number of hydrogen-bond acceptors (Lipinski definition) is 7. The quantitative estimate of drug-likeness (QED) is 0.386. The molecule has 3 aromatic heterocycles. The molecular weight excluding hydrogens is 408 g/mol. The summed E-state index contributed by atoms with van der Waals surface area (Å²) >= 11 is 0. The molecule has 0 aliphatic heterocycles. The number of hydrogen-bond donors (Lipinski definition) is 1. The third-order valence-electron chi connectivity index (χ3n) is 5.23. The number of fused-ring (bicyclic) bond motifs is 1. The van der Waals surface area contributed by atoms with Crippen LogP contribution in [0.4, 0.5) is 0 Å². The molecular formula is C24H20N4O4. The molecule has 0 aliphatic carbocycles. The molecule has 0 bridgehead atoms. The zero-order valence-electron chi connectivity index (χ0n) is 17.8. The van der Waals surface area contributed by atoms with Crippen LogP contribution in [0.1, 0.15) is 33.3 Å². The van der Waals surface area contributed by atoms with Gasteiger partial charge in [0.2, 0.25) is 0 Å². The molecule has 8 nitrogen and oxygen atoms in total. The number of esters is 1. The van der Waals surface area contributed by atoms with E-state index in [1.54, 1.807) is 13.0 Å². The van der Waals surface area contributed by atoms with Crippen molar-refractivity contribution >= 4 is 16.9 Å². The monoisotopic (exact) mass is 428 g/mol. The summed E-state index contributed by atoms with van der Waals surface area (Å²) in [5.74, 6) is 0.491. The smallest absolute Gasteiger partial charge is 0.355 e. The van der Waals surface area contributed by atoms with E-state index in [1.807, 2.05) is 50.2 Å². The number of aromatic amines is 1. The van der Waals surface area contributed by atoms with Gasteiger partial charge in [-0.05, 0) is 44.0 Å². The van der Waals surface area contributed by atoms with Gasteiger partial charge in [-0.15, -0.1) is 10.2 Å². The number of nitrogens with one attached hydrogen (secondary N) is 1. The van der Waals surface area contributed by atoms with E-state index in [9.17, 15) is 4.79 Å². The third kappa shape index (κ3) is 3.56. The SMILES string of the molecule is Cc1cc(C)c2cc(C(=O)OCc3nnc(-c4c(-c5ccccc5)noc4C)o3)[nH]c2c1. The van der Waals surface area contributed by atoms with E-state index in [4.69, 9.17) is 13.7 Å². The molecule has 32 heavy (non-hydrogen) atoms. The van der Waals surface area contributed by atoms with Gasteiger partial charge in [0, 0.05) is 16.5 Å². The average Bonchev–Trinajstić information content (AvgIpc) is 3.50. The maximum absolute atomic E-state index is 12.5. The topological polar surface area (TPSA) is 107 Å². The first-order valence-electron chi connectivity index (χ1n) is 10.1. The molecule has 0 radical (unpaired) electrons. The van der Waals surface area contributed by atoms with Gasteiger partial charge in [-0.1, -0.05) is 41.6 Å². The number of ether oxygens (including phenoxy) is 1. The maximum Gasteiger partial charge on any atom is 0.355 e. The largest absolute Gasteiger partial charge is 0.451 e. The van der Waals surface area contributed by atoms with E-state index in [-0.39, 0.29) is 18.4 Å². The highest BCUT2D eigenvalue weighted by Crippen LogP contribution is 2.33. The van der Waals surface area contributed by atoms with Crippen molar-refractivity contribution < 1.29 is 18.5 Å². The van der Waals surface area contributed by atoms with Gasteiger partial charge in [0.05, 0.1) is 0 Å². The van der Waals surface area contributed by atoms with E-state index >= 15 is 0 Å². The Morgan fingerprint density at radius 2 is 1.88 bits per heavy atom. The Kier molecular flexibility index (Phi) is 4.82. The number of H-pyrrole nitrogens is 1. The molecule has 160 valence electrons. The summed E-state index contributed by atoms with van der Waals surface area (Å²) in [5.41, 5.74) is 5.57.